The molecule has 0 atom stereocenters. The van der Waals surface area contributed by atoms with Gasteiger partial charge in [-0.3, -0.25) is 5.10 Å². The maximum Gasteiger partial charge on any atom is 0.238 e. The van der Waals surface area contributed by atoms with Crippen LogP contribution in [0.4, 0.5) is 0 Å². The molecule has 2 aromatic rings. The quantitative estimate of drug-likeness (QED) is 0.779. The Kier molecular flexibility index (Phi) is 4.21. The standard InChI is InChI=1S/C7H9NO2S.C3H4N2/c1-6-4-2-3-5-7(6)11(8,9)10;1-2-4-5-3-1/h2-5H,1H3,(H2,8,9,10);1-3H,(H,4,5). The minimum atomic E-state index is -3.53. The topological polar surface area (TPSA) is 88.8 Å². The number of sulfonamides is 1. The molecule has 0 saturated carbocycles. The summed E-state index contributed by atoms with van der Waals surface area (Å²) in [6.07, 6.45) is 3.46. The summed E-state index contributed by atoms with van der Waals surface area (Å²) in [5, 5.41) is 11.1. The molecule has 0 aliphatic carbocycles. The number of benzene rings is 1. The lowest BCUT2D eigenvalue weighted by Crippen LogP contribution is -2.13. The molecule has 0 aliphatic rings. The van der Waals surface area contributed by atoms with Crippen molar-refractivity contribution in [1.29, 1.82) is 0 Å². The summed E-state index contributed by atoms with van der Waals surface area (Å²) in [5.41, 5.74) is 0.676. The SMILES string of the molecule is Cc1ccccc1S(N)(=O)=O.c1cn[nH]c1. The van der Waals surface area contributed by atoms with Gasteiger partial charge in [-0.25, -0.2) is 13.6 Å². The van der Waals surface area contributed by atoms with Crippen LogP contribution in [0.25, 0.3) is 0 Å². The Morgan fingerprint density at radius 3 is 2.25 bits per heavy atom. The monoisotopic (exact) mass is 239 g/mol. The highest BCUT2D eigenvalue weighted by molar-refractivity contribution is 7.89. The highest BCUT2D eigenvalue weighted by Crippen LogP contribution is 2.10. The number of primary sulfonamides is 1. The summed E-state index contributed by atoms with van der Waals surface area (Å²) in [7, 11) is -3.53. The number of nitrogens with zero attached hydrogens (tertiary/aromatic N) is 1. The second-order valence-corrected chi connectivity index (χ2v) is 4.61. The van der Waals surface area contributed by atoms with Crippen LogP contribution < -0.4 is 5.14 Å². The van der Waals surface area contributed by atoms with Crippen LogP contribution in [0.5, 0.6) is 0 Å². The highest BCUT2D eigenvalue weighted by Gasteiger charge is 2.08. The Morgan fingerprint density at radius 2 is 1.94 bits per heavy atom. The van der Waals surface area contributed by atoms with Gasteiger partial charge in [-0.2, -0.15) is 5.10 Å². The van der Waals surface area contributed by atoms with Crippen LogP contribution in [0.2, 0.25) is 0 Å². The van der Waals surface area contributed by atoms with Crippen molar-refractivity contribution in [3.8, 4) is 0 Å². The highest BCUT2D eigenvalue weighted by atomic mass is 32.2. The maximum atomic E-state index is 10.8. The normalized spacial score (nSPS) is 10.4. The van der Waals surface area contributed by atoms with E-state index in [0.29, 0.717) is 5.56 Å². The fourth-order valence-electron chi connectivity index (χ4n) is 1.09. The molecule has 2 rings (SSSR count). The van der Waals surface area contributed by atoms with E-state index in [0.717, 1.165) is 0 Å². The molecule has 1 aromatic carbocycles. The molecule has 0 fully saturated rings. The molecule has 3 N–H and O–H groups in total. The maximum absolute atomic E-state index is 10.8. The van der Waals surface area contributed by atoms with Crippen LogP contribution in [0.3, 0.4) is 0 Å². The average Bonchev–Trinajstić information content (AvgIpc) is 2.74. The number of hydrogen-bond donors (Lipinski definition) is 2. The molecule has 0 bridgehead atoms. The number of nitrogens with one attached hydrogen (secondary N) is 1. The number of aromatic nitrogens is 2. The Bertz CT molecular complexity index is 504. The first-order chi connectivity index (χ1) is 7.52. The summed E-state index contributed by atoms with van der Waals surface area (Å²) in [6.45, 7) is 1.71. The van der Waals surface area contributed by atoms with E-state index in [9.17, 15) is 8.42 Å². The van der Waals surface area contributed by atoms with Gasteiger partial charge in [0.05, 0.1) is 4.90 Å². The van der Waals surface area contributed by atoms with Crippen molar-refractivity contribution in [3.05, 3.63) is 48.3 Å². The van der Waals surface area contributed by atoms with E-state index in [2.05, 4.69) is 10.2 Å². The van der Waals surface area contributed by atoms with Crippen LogP contribution >= 0.6 is 0 Å². The number of rotatable bonds is 1. The van der Waals surface area contributed by atoms with Crippen LogP contribution in [0, 0.1) is 6.92 Å². The summed E-state index contributed by atoms with van der Waals surface area (Å²) < 4.78 is 21.7. The zero-order valence-corrected chi connectivity index (χ0v) is 9.61. The average molecular weight is 239 g/mol. The lowest BCUT2D eigenvalue weighted by Gasteiger charge is -2.00. The molecule has 0 amide bonds. The molecule has 0 spiro atoms. The van der Waals surface area contributed by atoms with Crippen LogP contribution in [0.15, 0.2) is 47.6 Å². The van der Waals surface area contributed by atoms with Crippen molar-refractivity contribution in [2.24, 2.45) is 5.14 Å². The molecule has 0 saturated heterocycles. The van der Waals surface area contributed by atoms with Gasteiger partial charge in [0.2, 0.25) is 10.0 Å². The van der Waals surface area contributed by atoms with Crippen molar-refractivity contribution in [2.75, 3.05) is 0 Å². The first kappa shape index (κ1) is 12.4. The van der Waals surface area contributed by atoms with E-state index in [4.69, 9.17) is 5.14 Å². The Labute approximate surface area is 94.4 Å². The third-order valence-electron chi connectivity index (χ3n) is 1.81. The first-order valence-electron chi connectivity index (χ1n) is 4.54. The van der Waals surface area contributed by atoms with Crippen molar-refractivity contribution < 1.29 is 8.42 Å². The summed E-state index contributed by atoms with van der Waals surface area (Å²) in [4.78, 5) is 0.194. The predicted octanol–water partition coefficient (Wildman–Crippen LogP) is 1.05. The van der Waals surface area contributed by atoms with Crippen LogP contribution in [0.1, 0.15) is 5.56 Å². The molecule has 1 heterocycles. The van der Waals surface area contributed by atoms with Gasteiger partial charge in [0, 0.05) is 12.4 Å². The van der Waals surface area contributed by atoms with Gasteiger partial charge >= 0.3 is 0 Å². The van der Waals surface area contributed by atoms with Gasteiger partial charge in [0.25, 0.3) is 0 Å². The lowest BCUT2D eigenvalue weighted by molar-refractivity contribution is 0.597. The van der Waals surface area contributed by atoms with E-state index in [1.165, 1.54) is 6.07 Å². The second-order valence-electron chi connectivity index (χ2n) is 3.08. The number of nitrogens with two attached hydrogens (primary N) is 1. The number of aryl methyl sites for hydroxylation is 1. The van der Waals surface area contributed by atoms with E-state index in [1.807, 2.05) is 6.07 Å². The molecule has 86 valence electrons. The summed E-state index contributed by atoms with van der Waals surface area (Å²) in [5.74, 6) is 0. The molecule has 16 heavy (non-hydrogen) atoms. The molecule has 0 radical (unpaired) electrons. The van der Waals surface area contributed by atoms with Crippen molar-refractivity contribution in [3.63, 3.8) is 0 Å². The predicted molar refractivity (Wildman–Crippen MR) is 61.1 cm³/mol. The van der Waals surface area contributed by atoms with E-state index in [-0.39, 0.29) is 4.90 Å². The van der Waals surface area contributed by atoms with Gasteiger partial charge in [-0.1, -0.05) is 18.2 Å². The van der Waals surface area contributed by atoms with Gasteiger partial charge < -0.3 is 0 Å². The summed E-state index contributed by atoms with van der Waals surface area (Å²) >= 11 is 0. The smallest absolute Gasteiger partial charge is 0.238 e. The van der Waals surface area contributed by atoms with Crippen molar-refractivity contribution in [1.82, 2.24) is 10.2 Å². The van der Waals surface area contributed by atoms with Crippen LogP contribution in [-0.2, 0) is 10.0 Å². The lowest BCUT2D eigenvalue weighted by atomic mass is 10.2. The molecule has 1 aromatic heterocycles. The van der Waals surface area contributed by atoms with Gasteiger partial charge in [0.15, 0.2) is 0 Å². The second kappa shape index (κ2) is 5.43. The first-order valence-corrected chi connectivity index (χ1v) is 6.08. The zero-order valence-electron chi connectivity index (χ0n) is 8.79. The number of H-pyrrole nitrogens is 1. The Morgan fingerprint density at radius 1 is 1.25 bits per heavy atom. The molecular weight excluding hydrogens is 226 g/mol. The minimum Gasteiger partial charge on any atom is -0.286 e. The van der Waals surface area contributed by atoms with E-state index < -0.39 is 10.0 Å². The largest absolute Gasteiger partial charge is 0.286 e. The van der Waals surface area contributed by atoms with Gasteiger partial charge in [0.1, 0.15) is 0 Å². The number of hydrogen-bond acceptors (Lipinski definition) is 3. The summed E-state index contributed by atoms with van der Waals surface area (Å²) in [6, 6.07) is 8.45. The zero-order chi connectivity index (χ0) is 12.0. The van der Waals surface area contributed by atoms with Gasteiger partial charge in [-0.15, -0.1) is 0 Å². The van der Waals surface area contributed by atoms with Crippen LogP contribution in [-0.4, -0.2) is 18.6 Å². The molecule has 5 nitrogen and oxygen atoms in total. The van der Waals surface area contributed by atoms with E-state index in [1.54, 1.807) is 37.5 Å². The number of aromatic amines is 1. The third kappa shape index (κ3) is 3.84. The Balaban J connectivity index is 0.000000212. The Hall–Kier alpha value is -1.66. The molecular formula is C10H13N3O2S. The fourth-order valence-corrected chi connectivity index (χ4v) is 1.88. The molecule has 0 unspecified atom stereocenters. The minimum absolute atomic E-state index is 0.194. The fraction of sp³-hybridized carbons (Fsp3) is 0.100. The third-order valence-corrected chi connectivity index (χ3v) is 2.88. The molecule has 6 heteroatoms. The van der Waals surface area contributed by atoms with Crippen molar-refractivity contribution >= 4 is 10.0 Å². The molecule has 0 aliphatic heterocycles. The van der Waals surface area contributed by atoms with Gasteiger partial charge in [-0.05, 0) is 24.6 Å². The van der Waals surface area contributed by atoms with E-state index >= 15 is 0 Å². The van der Waals surface area contributed by atoms with Crippen molar-refractivity contribution in [2.45, 2.75) is 11.8 Å².